The average Bonchev–Trinajstić information content (AvgIpc) is 3.12. The van der Waals surface area contributed by atoms with Crippen LogP contribution in [0.1, 0.15) is 88.5 Å². The van der Waals surface area contributed by atoms with Crippen molar-refractivity contribution in [3.8, 4) is 0 Å². The van der Waals surface area contributed by atoms with E-state index in [4.69, 9.17) is 0 Å². The van der Waals surface area contributed by atoms with Gasteiger partial charge in [0.15, 0.2) is 0 Å². The second-order valence-corrected chi connectivity index (χ2v) is 8.81. The molecule has 0 radical (unpaired) electrons. The molecule has 2 rings (SSSR count). The van der Waals surface area contributed by atoms with Crippen molar-refractivity contribution in [1.82, 2.24) is 15.2 Å². The van der Waals surface area contributed by atoms with Crippen molar-refractivity contribution in [2.75, 3.05) is 6.54 Å². The molecule has 0 saturated carbocycles. The minimum absolute atomic E-state index is 0.344. The molecule has 32 heavy (non-hydrogen) atoms. The summed E-state index contributed by atoms with van der Waals surface area (Å²) in [7, 11) is 1.82. The Bertz CT molecular complexity index is 844. The molecule has 1 heterocycles. The van der Waals surface area contributed by atoms with Crippen LogP contribution in [0.2, 0.25) is 0 Å². The second-order valence-electron chi connectivity index (χ2n) is 8.81. The summed E-state index contributed by atoms with van der Waals surface area (Å²) in [6.07, 6.45) is 11.4. The van der Waals surface area contributed by atoms with Crippen molar-refractivity contribution in [2.24, 2.45) is 7.05 Å². The third kappa shape index (κ3) is 7.97. The number of benzene rings is 1. The first-order valence-electron chi connectivity index (χ1n) is 12.3. The maximum atomic E-state index is 12.8. The lowest BCUT2D eigenvalue weighted by atomic mass is 10.1. The number of aromatic nitrogens is 1. The first-order chi connectivity index (χ1) is 15.5. The lowest BCUT2D eigenvalue weighted by molar-refractivity contribution is -0.125. The van der Waals surface area contributed by atoms with Crippen molar-refractivity contribution in [2.45, 2.75) is 90.2 Å². The molecule has 0 aliphatic carbocycles. The van der Waals surface area contributed by atoms with Crippen LogP contribution >= 0.6 is 0 Å². The number of aryl methyl sites for hydroxylation is 1. The van der Waals surface area contributed by atoms with E-state index in [0.29, 0.717) is 12.2 Å². The molecule has 6 nitrogen and oxygen atoms in total. The predicted molar refractivity (Wildman–Crippen MR) is 131 cm³/mol. The standard InChI is InChI=1S/C26H41N3O3/c1-4-5-6-7-8-9-10-11-12-15-18-27-26(32)24(20(2)30)28-25(31)23-19-21-16-13-14-17-22(21)29(23)3/h13-14,16-17,19-20,24,30H,4-12,15,18H2,1-3H3,(H,27,32)(H,28,31)/t20-,24+/m1/s1. The van der Waals surface area contributed by atoms with Gasteiger partial charge in [0, 0.05) is 24.5 Å². The van der Waals surface area contributed by atoms with Gasteiger partial charge in [0.25, 0.3) is 5.91 Å². The molecule has 2 atom stereocenters. The van der Waals surface area contributed by atoms with Gasteiger partial charge in [-0.2, -0.15) is 0 Å². The largest absolute Gasteiger partial charge is 0.391 e. The zero-order valence-electron chi connectivity index (χ0n) is 20.0. The van der Waals surface area contributed by atoms with Crippen LogP contribution in [0.3, 0.4) is 0 Å². The molecule has 0 spiro atoms. The van der Waals surface area contributed by atoms with Gasteiger partial charge >= 0.3 is 0 Å². The number of amides is 2. The average molecular weight is 444 g/mol. The molecular weight excluding hydrogens is 402 g/mol. The number of para-hydroxylation sites is 1. The van der Waals surface area contributed by atoms with Crippen LogP contribution in [0, 0.1) is 0 Å². The third-order valence-electron chi connectivity index (χ3n) is 6.07. The monoisotopic (exact) mass is 443 g/mol. The number of unbranched alkanes of at least 4 members (excludes halogenated alkanes) is 9. The Labute approximate surface area is 192 Å². The highest BCUT2D eigenvalue weighted by atomic mass is 16.3. The van der Waals surface area contributed by atoms with Crippen LogP contribution in [-0.4, -0.2) is 40.2 Å². The molecule has 3 N–H and O–H groups in total. The molecule has 0 saturated heterocycles. The molecule has 2 aromatic rings. The Balaban J connectivity index is 1.72. The van der Waals surface area contributed by atoms with Crippen LogP contribution in [0.5, 0.6) is 0 Å². The maximum Gasteiger partial charge on any atom is 0.268 e. The minimum atomic E-state index is -0.985. The maximum absolute atomic E-state index is 12.8. The summed E-state index contributed by atoms with van der Waals surface area (Å²) in [5, 5.41) is 16.6. The Morgan fingerprint density at radius 1 is 0.969 bits per heavy atom. The molecule has 178 valence electrons. The number of hydrogen-bond acceptors (Lipinski definition) is 3. The van der Waals surface area contributed by atoms with Crippen LogP contribution < -0.4 is 10.6 Å². The van der Waals surface area contributed by atoms with Crippen molar-refractivity contribution in [3.63, 3.8) is 0 Å². The Hall–Kier alpha value is -2.34. The van der Waals surface area contributed by atoms with Gasteiger partial charge in [-0.1, -0.05) is 82.9 Å². The highest BCUT2D eigenvalue weighted by Crippen LogP contribution is 2.18. The Morgan fingerprint density at radius 2 is 1.56 bits per heavy atom. The number of rotatable bonds is 15. The second kappa shape index (κ2) is 13.9. The molecule has 0 unspecified atom stereocenters. The van der Waals surface area contributed by atoms with Gasteiger partial charge in [0.05, 0.1) is 6.10 Å². The van der Waals surface area contributed by atoms with Crippen molar-refractivity contribution < 1.29 is 14.7 Å². The highest BCUT2D eigenvalue weighted by Gasteiger charge is 2.27. The fourth-order valence-electron chi connectivity index (χ4n) is 4.06. The number of carbonyl (C=O) groups excluding carboxylic acids is 2. The first kappa shape index (κ1) is 25.9. The minimum Gasteiger partial charge on any atom is -0.391 e. The fourth-order valence-corrected chi connectivity index (χ4v) is 4.06. The summed E-state index contributed by atoms with van der Waals surface area (Å²) in [5.74, 6) is -0.716. The van der Waals surface area contributed by atoms with E-state index in [1.807, 2.05) is 31.3 Å². The van der Waals surface area contributed by atoms with Crippen LogP contribution in [0.25, 0.3) is 10.9 Å². The topological polar surface area (TPSA) is 83.4 Å². The number of fused-ring (bicyclic) bond motifs is 1. The summed E-state index contributed by atoms with van der Waals surface area (Å²) in [4.78, 5) is 25.4. The van der Waals surface area contributed by atoms with E-state index in [2.05, 4.69) is 17.6 Å². The molecule has 0 fully saturated rings. The molecule has 2 amide bonds. The molecule has 0 aliphatic heterocycles. The van der Waals surface area contributed by atoms with Crippen LogP contribution in [-0.2, 0) is 11.8 Å². The van der Waals surface area contributed by atoms with Crippen LogP contribution in [0.4, 0.5) is 0 Å². The van der Waals surface area contributed by atoms with Crippen LogP contribution in [0.15, 0.2) is 30.3 Å². The zero-order chi connectivity index (χ0) is 23.3. The van der Waals surface area contributed by atoms with E-state index in [1.54, 1.807) is 10.6 Å². The Kier molecular flexibility index (Phi) is 11.3. The van der Waals surface area contributed by atoms with Gasteiger partial charge in [-0.05, 0) is 25.5 Å². The summed E-state index contributed by atoms with van der Waals surface area (Å²) in [6, 6.07) is 8.54. The lowest BCUT2D eigenvalue weighted by Gasteiger charge is -2.21. The molecule has 0 bridgehead atoms. The summed E-state index contributed by atoms with van der Waals surface area (Å²) in [6.45, 7) is 4.32. The van der Waals surface area contributed by atoms with E-state index in [0.717, 1.165) is 23.7 Å². The molecule has 1 aromatic carbocycles. The summed E-state index contributed by atoms with van der Waals surface area (Å²) < 4.78 is 1.80. The normalized spacial score (nSPS) is 13.1. The lowest BCUT2D eigenvalue weighted by Crippen LogP contribution is -2.52. The molecule has 0 aliphatic rings. The first-order valence-corrected chi connectivity index (χ1v) is 12.3. The number of aliphatic hydroxyl groups is 1. The fraction of sp³-hybridized carbons (Fsp3) is 0.615. The molecule has 6 heteroatoms. The van der Waals surface area contributed by atoms with Crippen molar-refractivity contribution in [3.05, 3.63) is 36.0 Å². The number of hydrogen-bond donors (Lipinski definition) is 3. The van der Waals surface area contributed by atoms with Crippen molar-refractivity contribution in [1.29, 1.82) is 0 Å². The summed E-state index contributed by atoms with van der Waals surface area (Å²) in [5.41, 5.74) is 1.40. The van der Waals surface area contributed by atoms with E-state index in [1.165, 1.54) is 58.3 Å². The Morgan fingerprint density at radius 3 is 2.16 bits per heavy atom. The zero-order valence-corrected chi connectivity index (χ0v) is 20.0. The van der Waals surface area contributed by atoms with Gasteiger partial charge in [-0.25, -0.2) is 0 Å². The number of aliphatic hydroxyl groups excluding tert-OH is 1. The van der Waals surface area contributed by atoms with Gasteiger partial charge in [-0.3, -0.25) is 9.59 Å². The van der Waals surface area contributed by atoms with Crippen molar-refractivity contribution >= 4 is 22.7 Å². The number of nitrogens with zero attached hydrogens (tertiary/aromatic N) is 1. The molecular formula is C26H41N3O3. The van der Waals surface area contributed by atoms with E-state index in [9.17, 15) is 14.7 Å². The number of carbonyl (C=O) groups is 2. The summed E-state index contributed by atoms with van der Waals surface area (Å²) >= 11 is 0. The molecule has 1 aromatic heterocycles. The third-order valence-corrected chi connectivity index (χ3v) is 6.07. The predicted octanol–water partition coefficient (Wildman–Crippen LogP) is 4.69. The number of nitrogens with one attached hydrogen (secondary N) is 2. The van der Waals surface area contributed by atoms with E-state index >= 15 is 0 Å². The smallest absolute Gasteiger partial charge is 0.268 e. The van der Waals surface area contributed by atoms with Gasteiger partial charge in [0.2, 0.25) is 5.91 Å². The quantitative estimate of drug-likeness (QED) is 0.349. The van der Waals surface area contributed by atoms with Gasteiger partial charge in [0.1, 0.15) is 11.7 Å². The van der Waals surface area contributed by atoms with Gasteiger partial charge in [-0.15, -0.1) is 0 Å². The van der Waals surface area contributed by atoms with E-state index < -0.39 is 12.1 Å². The SMILES string of the molecule is CCCCCCCCCCCCNC(=O)[C@@H](NC(=O)c1cc2ccccc2n1C)[C@@H](C)O. The van der Waals surface area contributed by atoms with Gasteiger partial charge < -0.3 is 20.3 Å². The highest BCUT2D eigenvalue weighted by molar-refractivity contribution is 6.00. The van der Waals surface area contributed by atoms with E-state index in [-0.39, 0.29) is 11.8 Å².